The number of carbonyl (C=O) groups is 3. The van der Waals surface area contributed by atoms with Gasteiger partial charge in [-0.15, -0.1) is 0 Å². The van der Waals surface area contributed by atoms with Crippen molar-refractivity contribution in [1.29, 1.82) is 0 Å². The summed E-state index contributed by atoms with van der Waals surface area (Å²) in [5.74, 6) is 1.43. The maximum absolute atomic E-state index is 12.6. The predicted molar refractivity (Wildman–Crippen MR) is 324 cm³/mol. The summed E-state index contributed by atoms with van der Waals surface area (Å²) in [6.07, 6.45) is 6.30. The van der Waals surface area contributed by atoms with Gasteiger partial charge in [0.1, 0.15) is 17.0 Å². The van der Waals surface area contributed by atoms with Crippen LogP contribution in [0, 0.1) is 16.2 Å². The summed E-state index contributed by atoms with van der Waals surface area (Å²) in [4.78, 5) is 54.7. The molecule has 11 heteroatoms. The number of Topliss-reactive ketones (excluding diaryl/α,β-unsaturated/α-hetero) is 1. The van der Waals surface area contributed by atoms with E-state index in [4.69, 9.17) is 24.4 Å². The zero-order valence-corrected chi connectivity index (χ0v) is 49.0. The molecule has 2 aliphatic heterocycles. The van der Waals surface area contributed by atoms with Crippen molar-refractivity contribution in [3.8, 4) is 11.3 Å². The van der Waals surface area contributed by atoms with Gasteiger partial charge >= 0.3 is 12.2 Å². The van der Waals surface area contributed by atoms with Gasteiger partial charge in [-0.2, -0.15) is 0 Å². The molecule has 6 aromatic carbocycles. The number of allylic oxidation sites excluding steroid dienone is 2. The number of aliphatic imine (C=N–C) groups is 2. The molecule has 0 saturated carbocycles. The van der Waals surface area contributed by atoms with Crippen molar-refractivity contribution < 1.29 is 23.9 Å². The molecule has 0 aliphatic carbocycles. The summed E-state index contributed by atoms with van der Waals surface area (Å²) in [6, 6.07) is 33.8. The number of carbonyl (C=O) groups excluding carboxylic acids is 3. The van der Waals surface area contributed by atoms with E-state index in [1.165, 1.54) is 21.5 Å². The minimum Gasteiger partial charge on any atom is -0.444 e. The van der Waals surface area contributed by atoms with Gasteiger partial charge in [0, 0.05) is 53.7 Å². The van der Waals surface area contributed by atoms with Gasteiger partial charge in [0.15, 0.2) is 5.78 Å². The van der Waals surface area contributed by atoms with Crippen LogP contribution < -0.4 is 10.6 Å². The molecule has 0 bridgehead atoms. The molecule has 9 rings (SSSR count). The first-order valence-electron chi connectivity index (χ1n) is 27.3. The van der Waals surface area contributed by atoms with Gasteiger partial charge in [-0.1, -0.05) is 118 Å². The average Bonchev–Trinajstić information content (AvgIpc) is 4.28. The molecule has 408 valence electrons. The molecule has 3 heterocycles. The van der Waals surface area contributed by atoms with E-state index in [9.17, 15) is 14.4 Å². The molecule has 78 heavy (non-hydrogen) atoms. The topological polar surface area (TPSA) is 147 Å². The number of benzene rings is 6. The highest BCUT2D eigenvalue weighted by molar-refractivity contribution is 6.07. The fraction of sp³-hybridized carbons (Fsp3) is 0.403. The summed E-state index contributed by atoms with van der Waals surface area (Å²) < 4.78 is 11.0. The maximum Gasteiger partial charge on any atom is 0.408 e. The SMILES string of the molecule is CC(=O)c1ccc2cc3cc(C4=CN=C([C@@H](NC(=O)OC(C)(C)C)C(C)(C)C)C4)ccc3cc2c1.C[C@H](c1ncc(-c2ccc3cc4cc(C5=CN=C([C@@H](NC(=O)OC(C)(C)C)C(C)(C)C)C5)ccc4cc3c2)[nH]1)C(C)(C)C. The van der Waals surface area contributed by atoms with Crippen LogP contribution in [-0.2, 0) is 9.47 Å². The summed E-state index contributed by atoms with van der Waals surface area (Å²) in [6.45, 7) is 34.3. The van der Waals surface area contributed by atoms with Crippen LogP contribution in [0.3, 0.4) is 0 Å². The van der Waals surface area contributed by atoms with E-state index >= 15 is 0 Å². The van der Waals surface area contributed by atoms with Gasteiger partial charge in [0.05, 0.1) is 24.0 Å². The fourth-order valence-electron chi connectivity index (χ4n) is 9.95. The number of amides is 2. The van der Waals surface area contributed by atoms with Crippen molar-refractivity contribution in [3.05, 3.63) is 138 Å². The highest BCUT2D eigenvalue weighted by Crippen LogP contribution is 2.37. The predicted octanol–water partition coefficient (Wildman–Crippen LogP) is 17.0. The van der Waals surface area contributed by atoms with E-state index in [2.05, 4.69) is 164 Å². The van der Waals surface area contributed by atoms with E-state index in [0.29, 0.717) is 18.8 Å². The lowest BCUT2D eigenvalue weighted by molar-refractivity contribution is 0.0480. The molecular weight excluding hydrogens is 969 g/mol. The van der Waals surface area contributed by atoms with E-state index in [1.54, 1.807) is 6.92 Å². The molecular formula is C67H80N6O5. The average molecular weight is 1050 g/mol. The molecule has 3 atom stereocenters. The van der Waals surface area contributed by atoms with Gasteiger partial charge in [0.25, 0.3) is 0 Å². The quantitative estimate of drug-likeness (QED) is 0.0969. The Bertz CT molecular complexity index is 3590. The second-order valence-electron chi connectivity index (χ2n) is 26.6. The van der Waals surface area contributed by atoms with Crippen LogP contribution in [0.25, 0.3) is 65.5 Å². The van der Waals surface area contributed by atoms with Crippen molar-refractivity contribution in [2.24, 2.45) is 26.2 Å². The van der Waals surface area contributed by atoms with Crippen LogP contribution >= 0.6 is 0 Å². The Morgan fingerprint density at radius 2 is 0.885 bits per heavy atom. The lowest BCUT2D eigenvalue weighted by Gasteiger charge is -2.32. The minimum atomic E-state index is -0.559. The molecule has 0 radical (unpaired) electrons. The third-order valence-corrected chi connectivity index (χ3v) is 14.6. The number of nitrogens with zero attached hydrogens (tertiary/aromatic N) is 3. The minimum absolute atomic E-state index is 0.0704. The van der Waals surface area contributed by atoms with E-state index in [-0.39, 0.29) is 34.1 Å². The summed E-state index contributed by atoms with van der Waals surface area (Å²) in [5.41, 5.74) is 7.88. The van der Waals surface area contributed by atoms with Crippen molar-refractivity contribution in [2.45, 2.75) is 160 Å². The second-order valence-corrected chi connectivity index (χ2v) is 26.6. The third kappa shape index (κ3) is 13.6. The van der Waals surface area contributed by atoms with Crippen LogP contribution in [-0.4, -0.2) is 62.6 Å². The molecule has 1 aromatic heterocycles. The number of aromatic nitrogens is 2. The highest BCUT2D eigenvalue weighted by atomic mass is 16.6. The smallest absolute Gasteiger partial charge is 0.408 e. The molecule has 11 nitrogen and oxygen atoms in total. The van der Waals surface area contributed by atoms with Crippen LogP contribution in [0.15, 0.2) is 126 Å². The number of hydrogen-bond acceptors (Lipinski definition) is 8. The number of hydrogen-bond donors (Lipinski definition) is 3. The Kier molecular flexibility index (Phi) is 15.6. The first-order valence-corrected chi connectivity index (χ1v) is 27.3. The lowest BCUT2D eigenvalue weighted by atomic mass is 9.82. The second kappa shape index (κ2) is 21.4. The Morgan fingerprint density at radius 1 is 0.500 bits per heavy atom. The molecule has 2 aliphatic rings. The zero-order chi connectivity index (χ0) is 56.9. The summed E-state index contributed by atoms with van der Waals surface area (Å²) in [5, 5.41) is 15.3. The van der Waals surface area contributed by atoms with Crippen molar-refractivity contribution in [2.75, 3.05) is 0 Å². The van der Waals surface area contributed by atoms with Gasteiger partial charge < -0.3 is 25.1 Å². The van der Waals surface area contributed by atoms with Gasteiger partial charge in [-0.05, 0) is 179 Å². The maximum atomic E-state index is 12.6. The number of imidazole rings is 1. The molecule has 0 unspecified atom stereocenters. The standard InChI is InChI=1S/C37H46N4O2.C30H34N2O3/c1-22(35(2,3)4)33-39-21-31(40-33)26-14-13-24-15-27-17-25(12-11-23(27)16-28(24)18-26)29-19-30(38-20-29)32(36(5,6)7)41-34(42)43-37(8,9)10;1-18(33)19-8-9-20-14-24-15-22(11-10-21(24)13-23(20)12-19)25-16-26(31-17-25)27(29(2,3)4)32-28(34)35-30(5,6)7/h11-18,20-22,32H,19H2,1-10H3,(H,39,40)(H,41,42);8-15,17,27H,16H2,1-7H3,(H,32,34)/t22-,32-;27-/m11/s1. The number of fused-ring (bicyclic) bond motifs is 4. The number of nitrogens with one attached hydrogen (secondary N) is 3. The normalized spacial score (nSPS) is 15.4. The Morgan fingerprint density at radius 3 is 1.27 bits per heavy atom. The van der Waals surface area contributed by atoms with E-state index < -0.39 is 23.4 Å². The largest absolute Gasteiger partial charge is 0.444 e. The van der Waals surface area contributed by atoms with E-state index in [1.807, 2.05) is 78.3 Å². The van der Waals surface area contributed by atoms with Crippen molar-refractivity contribution >= 4 is 83.6 Å². The number of ether oxygens (including phenoxy) is 2. The molecule has 0 fully saturated rings. The zero-order valence-electron chi connectivity index (χ0n) is 49.0. The van der Waals surface area contributed by atoms with E-state index in [0.717, 1.165) is 77.9 Å². The fourth-order valence-corrected chi connectivity index (χ4v) is 9.95. The lowest BCUT2D eigenvalue weighted by Crippen LogP contribution is -2.50. The Labute approximate surface area is 461 Å². The summed E-state index contributed by atoms with van der Waals surface area (Å²) >= 11 is 0. The van der Waals surface area contributed by atoms with Crippen LogP contribution in [0.1, 0.15) is 164 Å². The molecule has 7 aromatic rings. The monoisotopic (exact) mass is 1050 g/mol. The van der Waals surface area contributed by atoms with Crippen LogP contribution in [0.5, 0.6) is 0 Å². The number of aromatic amines is 1. The molecule has 0 saturated heterocycles. The van der Waals surface area contributed by atoms with Crippen LogP contribution in [0.2, 0.25) is 0 Å². The van der Waals surface area contributed by atoms with Gasteiger partial charge in [-0.3, -0.25) is 14.8 Å². The first-order chi connectivity index (χ1) is 36.3. The summed E-state index contributed by atoms with van der Waals surface area (Å²) in [7, 11) is 0. The van der Waals surface area contributed by atoms with Crippen molar-refractivity contribution in [3.63, 3.8) is 0 Å². The number of rotatable bonds is 9. The number of alkyl carbamates (subject to hydrolysis) is 2. The number of H-pyrrole nitrogens is 1. The van der Waals surface area contributed by atoms with Crippen LogP contribution in [0.4, 0.5) is 9.59 Å². The van der Waals surface area contributed by atoms with Gasteiger partial charge in [0.2, 0.25) is 0 Å². The molecule has 2 amide bonds. The molecule has 0 spiro atoms. The first kappa shape index (κ1) is 56.8. The van der Waals surface area contributed by atoms with Gasteiger partial charge in [-0.25, -0.2) is 14.6 Å². The Balaban J connectivity index is 0.000000210. The van der Waals surface area contributed by atoms with Crippen molar-refractivity contribution in [1.82, 2.24) is 20.6 Å². The third-order valence-electron chi connectivity index (χ3n) is 14.6. The molecule has 3 N–H and O–H groups in total. The highest BCUT2D eigenvalue weighted by Gasteiger charge is 2.36. The Hall–Kier alpha value is -7.40. The number of ketones is 1.